The maximum absolute atomic E-state index is 4.54. The Bertz CT molecular complexity index is 404. The molecular weight excluding hydrogens is 258 g/mol. The van der Waals surface area contributed by atoms with Gasteiger partial charge >= 0.3 is 0 Å². The van der Waals surface area contributed by atoms with Gasteiger partial charge in [0.15, 0.2) is 5.16 Å². The van der Waals surface area contributed by atoms with Gasteiger partial charge < -0.3 is 10.2 Å². The van der Waals surface area contributed by atoms with Gasteiger partial charge in [-0.05, 0) is 19.8 Å². The molecule has 2 rings (SSSR count). The first-order chi connectivity index (χ1) is 9.19. The molecule has 0 amide bonds. The predicted octanol–water partition coefficient (Wildman–Crippen LogP) is 2.79. The highest BCUT2D eigenvalue weighted by Gasteiger charge is 2.17. The first-order valence-corrected chi connectivity index (χ1v) is 7.91. The summed E-state index contributed by atoms with van der Waals surface area (Å²) < 4.78 is 0. The summed E-state index contributed by atoms with van der Waals surface area (Å²) in [5.41, 5.74) is 0. The number of rotatable bonds is 5. The number of nitrogens with zero attached hydrogens (tertiary/aromatic N) is 4. The van der Waals surface area contributed by atoms with Crippen molar-refractivity contribution in [3.05, 3.63) is 0 Å². The fourth-order valence-corrected chi connectivity index (χ4v) is 3.31. The number of aromatic nitrogens is 3. The molecule has 0 atom stereocenters. The average molecular weight is 281 g/mol. The lowest BCUT2D eigenvalue weighted by Crippen LogP contribution is -2.16. The van der Waals surface area contributed by atoms with Crippen LogP contribution in [0.4, 0.5) is 11.9 Å². The van der Waals surface area contributed by atoms with E-state index in [2.05, 4.69) is 20.3 Å². The lowest BCUT2D eigenvalue weighted by atomic mass is 10.0. The molecule has 6 heteroatoms. The van der Waals surface area contributed by atoms with Crippen molar-refractivity contribution in [2.24, 2.45) is 0 Å². The monoisotopic (exact) mass is 281 g/mol. The highest BCUT2D eigenvalue weighted by molar-refractivity contribution is 7.99. The van der Waals surface area contributed by atoms with E-state index in [0.717, 1.165) is 17.6 Å². The van der Waals surface area contributed by atoms with Crippen LogP contribution in [0.5, 0.6) is 0 Å². The number of anilines is 2. The van der Waals surface area contributed by atoms with Crippen LogP contribution in [-0.2, 0) is 0 Å². The van der Waals surface area contributed by atoms with Crippen LogP contribution in [0.2, 0.25) is 0 Å². The Hall–Kier alpha value is -1.04. The van der Waals surface area contributed by atoms with Crippen molar-refractivity contribution in [3.63, 3.8) is 0 Å². The van der Waals surface area contributed by atoms with Crippen molar-refractivity contribution >= 4 is 23.7 Å². The topological polar surface area (TPSA) is 53.9 Å². The van der Waals surface area contributed by atoms with E-state index in [1.807, 2.05) is 37.7 Å². The maximum atomic E-state index is 4.54. The molecule has 1 N–H and O–H groups in total. The van der Waals surface area contributed by atoms with Gasteiger partial charge in [0.1, 0.15) is 0 Å². The molecule has 5 nitrogen and oxygen atoms in total. The fraction of sp³-hybridized carbons (Fsp3) is 0.769. The van der Waals surface area contributed by atoms with Crippen molar-refractivity contribution in [1.29, 1.82) is 0 Å². The van der Waals surface area contributed by atoms with Crippen molar-refractivity contribution < 1.29 is 0 Å². The molecule has 0 bridgehead atoms. The van der Waals surface area contributed by atoms with E-state index in [-0.39, 0.29) is 0 Å². The summed E-state index contributed by atoms with van der Waals surface area (Å²) in [6.45, 7) is 2.87. The summed E-state index contributed by atoms with van der Waals surface area (Å²) >= 11 is 1.81. The van der Waals surface area contributed by atoms with E-state index in [1.54, 1.807) is 0 Å². The Kier molecular flexibility index (Phi) is 5.24. The summed E-state index contributed by atoms with van der Waals surface area (Å²) in [7, 11) is 3.92. The number of hydrogen-bond acceptors (Lipinski definition) is 6. The Labute approximate surface area is 119 Å². The number of nitrogens with one attached hydrogen (secondary N) is 1. The Morgan fingerprint density at radius 1 is 1.16 bits per heavy atom. The first-order valence-electron chi connectivity index (χ1n) is 7.03. The van der Waals surface area contributed by atoms with Crippen LogP contribution in [0, 0.1) is 0 Å². The average Bonchev–Trinajstić information content (AvgIpc) is 2.40. The summed E-state index contributed by atoms with van der Waals surface area (Å²) in [6, 6.07) is 0. The van der Waals surface area contributed by atoms with E-state index < -0.39 is 0 Å². The molecule has 1 aliphatic rings. The van der Waals surface area contributed by atoms with Crippen LogP contribution in [0.1, 0.15) is 39.0 Å². The second-order valence-electron chi connectivity index (χ2n) is 5.04. The second-order valence-corrected chi connectivity index (χ2v) is 6.31. The fourth-order valence-electron chi connectivity index (χ4n) is 2.17. The molecule has 1 heterocycles. The summed E-state index contributed by atoms with van der Waals surface area (Å²) in [5.74, 6) is 1.41. The first kappa shape index (κ1) is 14.4. The Morgan fingerprint density at radius 2 is 1.89 bits per heavy atom. The van der Waals surface area contributed by atoms with Crippen molar-refractivity contribution in [3.8, 4) is 0 Å². The van der Waals surface area contributed by atoms with Gasteiger partial charge in [-0.1, -0.05) is 31.0 Å². The molecule has 1 saturated carbocycles. The van der Waals surface area contributed by atoms with Gasteiger partial charge in [0.05, 0.1) is 0 Å². The minimum absolute atomic E-state index is 0.667. The van der Waals surface area contributed by atoms with E-state index in [9.17, 15) is 0 Å². The normalized spacial score (nSPS) is 16.4. The van der Waals surface area contributed by atoms with Gasteiger partial charge in [-0.25, -0.2) is 0 Å². The van der Waals surface area contributed by atoms with Crippen molar-refractivity contribution in [2.75, 3.05) is 30.9 Å². The maximum Gasteiger partial charge on any atom is 0.230 e. The smallest absolute Gasteiger partial charge is 0.230 e. The van der Waals surface area contributed by atoms with Gasteiger partial charge in [0.2, 0.25) is 11.9 Å². The highest BCUT2D eigenvalue weighted by Crippen LogP contribution is 2.32. The third kappa shape index (κ3) is 4.23. The minimum atomic E-state index is 0.667. The van der Waals surface area contributed by atoms with Crippen LogP contribution in [0.15, 0.2) is 5.16 Å². The Morgan fingerprint density at radius 3 is 2.53 bits per heavy atom. The zero-order valence-electron chi connectivity index (χ0n) is 12.0. The van der Waals surface area contributed by atoms with E-state index in [0.29, 0.717) is 11.2 Å². The highest BCUT2D eigenvalue weighted by atomic mass is 32.2. The Balaban J connectivity index is 2.12. The summed E-state index contributed by atoms with van der Waals surface area (Å²) in [5, 5.41) is 4.69. The van der Waals surface area contributed by atoms with Crippen LogP contribution in [0.3, 0.4) is 0 Å². The van der Waals surface area contributed by atoms with Gasteiger partial charge in [-0.2, -0.15) is 15.0 Å². The SMILES string of the molecule is CCNc1nc(SC2CCCCC2)nc(N(C)C)n1. The molecule has 19 heavy (non-hydrogen) atoms. The molecule has 1 aliphatic carbocycles. The molecule has 106 valence electrons. The van der Waals surface area contributed by atoms with E-state index >= 15 is 0 Å². The van der Waals surface area contributed by atoms with Crippen molar-refractivity contribution in [1.82, 2.24) is 15.0 Å². The zero-order valence-corrected chi connectivity index (χ0v) is 12.8. The molecule has 1 aromatic heterocycles. The van der Waals surface area contributed by atoms with Gasteiger partial charge in [-0.15, -0.1) is 0 Å². The lowest BCUT2D eigenvalue weighted by Gasteiger charge is -2.20. The van der Waals surface area contributed by atoms with E-state index in [1.165, 1.54) is 32.1 Å². The molecule has 0 aliphatic heterocycles. The molecule has 0 saturated heterocycles. The van der Waals surface area contributed by atoms with Crippen LogP contribution < -0.4 is 10.2 Å². The molecule has 1 aromatic rings. The molecule has 0 spiro atoms. The lowest BCUT2D eigenvalue weighted by molar-refractivity contribution is 0.515. The van der Waals surface area contributed by atoms with Crippen molar-refractivity contribution in [2.45, 2.75) is 49.4 Å². The van der Waals surface area contributed by atoms with Crippen LogP contribution in [-0.4, -0.2) is 40.8 Å². The van der Waals surface area contributed by atoms with E-state index in [4.69, 9.17) is 0 Å². The predicted molar refractivity (Wildman–Crippen MR) is 81.0 cm³/mol. The van der Waals surface area contributed by atoms with Gasteiger partial charge in [0.25, 0.3) is 0 Å². The third-order valence-corrected chi connectivity index (χ3v) is 4.36. The van der Waals surface area contributed by atoms with Gasteiger partial charge in [-0.3, -0.25) is 0 Å². The van der Waals surface area contributed by atoms with Gasteiger partial charge in [0, 0.05) is 25.9 Å². The summed E-state index contributed by atoms with van der Waals surface area (Å²) in [4.78, 5) is 15.4. The standard InChI is InChI=1S/C13H23N5S/c1-4-14-11-15-12(18(2)3)17-13(16-11)19-10-8-6-5-7-9-10/h10H,4-9H2,1-3H3,(H,14,15,16,17). The number of hydrogen-bond donors (Lipinski definition) is 1. The molecule has 0 unspecified atom stereocenters. The molecule has 1 fully saturated rings. The van der Waals surface area contributed by atoms with Crippen LogP contribution in [0.25, 0.3) is 0 Å². The number of thioether (sulfide) groups is 1. The second kappa shape index (κ2) is 6.93. The quantitative estimate of drug-likeness (QED) is 0.895. The largest absolute Gasteiger partial charge is 0.354 e. The zero-order chi connectivity index (χ0) is 13.7. The van der Waals surface area contributed by atoms with Crippen LogP contribution >= 0.6 is 11.8 Å². The molecular formula is C13H23N5S. The molecule has 0 radical (unpaired) electrons. The minimum Gasteiger partial charge on any atom is -0.354 e. The third-order valence-electron chi connectivity index (χ3n) is 3.16. The summed E-state index contributed by atoms with van der Waals surface area (Å²) in [6.07, 6.45) is 6.61. The molecule has 0 aromatic carbocycles.